The van der Waals surface area contributed by atoms with Crippen LogP contribution >= 0.6 is 15.9 Å². The molecular weight excluding hydrogens is 317 g/mol. The minimum atomic E-state index is -0.735. The number of hydrogen-bond donors (Lipinski definition) is 1. The van der Waals surface area contributed by atoms with Gasteiger partial charge >= 0.3 is 0 Å². The molecule has 2 aromatic rings. The molecule has 0 bridgehead atoms. The van der Waals surface area contributed by atoms with E-state index < -0.39 is 5.54 Å². The molecule has 0 radical (unpaired) electrons. The first-order valence-corrected chi connectivity index (χ1v) is 7.74. The molecule has 1 nitrogen and oxygen atoms in total. The van der Waals surface area contributed by atoms with E-state index in [1.165, 1.54) is 5.56 Å². The molecule has 2 N–H and O–H groups in total. The predicted octanol–water partition coefficient (Wildman–Crippen LogP) is 4.52. The molecule has 3 rings (SSSR count). The van der Waals surface area contributed by atoms with Crippen LogP contribution in [0.1, 0.15) is 36.0 Å². The van der Waals surface area contributed by atoms with Gasteiger partial charge in [-0.25, -0.2) is 4.39 Å². The third-order valence-electron chi connectivity index (χ3n) is 4.20. The van der Waals surface area contributed by atoms with Crippen molar-refractivity contribution in [1.82, 2.24) is 0 Å². The van der Waals surface area contributed by atoms with Crippen LogP contribution in [-0.4, -0.2) is 0 Å². The summed E-state index contributed by atoms with van der Waals surface area (Å²) in [4.78, 5) is 0. The molecule has 0 aromatic heterocycles. The van der Waals surface area contributed by atoms with E-state index in [2.05, 4.69) is 22.0 Å². The van der Waals surface area contributed by atoms with Gasteiger partial charge in [0, 0.05) is 5.56 Å². The number of nitrogens with two attached hydrogens (primary N) is 1. The Bertz CT molecular complexity index is 641. The molecule has 20 heavy (non-hydrogen) atoms. The standard InChI is InChI=1S/C17H17BrFN/c18-15-10-5-9-14(16(15)19)17(20)11-4-3-7-12-6-1-2-8-13(12)17/h1-2,5-6,8-10H,3-4,7,11,20H2. The molecule has 1 atom stereocenters. The highest BCUT2D eigenvalue weighted by atomic mass is 79.9. The van der Waals surface area contributed by atoms with Crippen LogP contribution in [0.5, 0.6) is 0 Å². The van der Waals surface area contributed by atoms with E-state index in [1.807, 2.05) is 30.3 Å². The van der Waals surface area contributed by atoms with Gasteiger partial charge in [0.1, 0.15) is 5.82 Å². The molecule has 0 aliphatic heterocycles. The van der Waals surface area contributed by atoms with Gasteiger partial charge in [0.2, 0.25) is 0 Å². The van der Waals surface area contributed by atoms with Gasteiger partial charge in [0.05, 0.1) is 10.0 Å². The average Bonchev–Trinajstić information content (AvgIpc) is 2.63. The van der Waals surface area contributed by atoms with E-state index in [-0.39, 0.29) is 5.82 Å². The summed E-state index contributed by atoms with van der Waals surface area (Å²) in [6.45, 7) is 0. The highest BCUT2D eigenvalue weighted by Gasteiger charge is 2.35. The lowest BCUT2D eigenvalue weighted by molar-refractivity contribution is 0.450. The molecule has 1 unspecified atom stereocenters. The summed E-state index contributed by atoms with van der Waals surface area (Å²) in [6, 6.07) is 13.5. The number of hydrogen-bond acceptors (Lipinski definition) is 1. The molecule has 104 valence electrons. The zero-order valence-corrected chi connectivity index (χ0v) is 12.8. The summed E-state index contributed by atoms with van der Waals surface area (Å²) in [7, 11) is 0. The Hall–Kier alpha value is -1.19. The van der Waals surface area contributed by atoms with Crippen molar-refractivity contribution in [3.63, 3.8) is 0 Å². The van der Waals surface area contributed by atoms with Crippen molar-refractivity contribution >= 4 is 15.9 Å². The third-order valence-corrected chi connectivity index (χ3v) is 4.81. The van der Waals surface area contributed by atoms with Crippen LogP contribution < -0.4 is 5.73 Å². The van der Waals surface area contributed by atoms with E-state index in [0.29, 0.717) is 10.0 Å². The van der Waals surface area contributed by atoms with Gasteiger partial charge in [0.15, 0.2) is 0 Å². The second kappa shape index (κ2) is 5.30. The van der Waals surface area contributed by atoms with Crippen LogP contribution in [0, 0.1) is 5.82 Å². The van der Waals surface area contributed by atoms with E-state index in [0.717, 1.165) is 31.2 Å². The lowest BCUT2D eigenvalue weighted by Crippen LogP contribution is -2.39. The van der Waals surface area contributed by atoms with Crippen molar-refractivity contribution in [2.45, 2.75) is 31.2 Å². The minimum Gasteiger partial charge on any atom is -0.318 e. The summed E-state index contributed by atoms with van der Waals surface area (Å²) in [5, 5.41) is 0. The molecule has 3 heteroatoms. The van der Waals surface area contributed by atoms with Gasteiger partial charge in [-0.3, -0.25) is 0 Å². The van der Waals surface area contributed by atoms with Crippen molar-refractivity contribution in [2.24, 2.45) is 5.73 Å². The van der Waals surface area contributed by atoms with Crippen molar-refractivity contribution in [3.05, 3.63) is 69.4 Å². The Morgan fingerprint density at radius 2 is 1.75 bits per heavy atom. The fraction of sp³-hybridized carbons (Fsp3) is 0.294. The van der Waals surface area contributed by atoms with Crippen molar-refractivity contribution in [2.75, 3.05) is 0 Å². The van der Waals surface area contributed by atoms with Gasteiger partial charge in [-0.05, 0) is 52.4 Å². The van der Waals surface area contributed by atoms with Crippen LogP contribution in [0.3, 0.4) is 0 Å². The highest BCUT2D eigenvalue weighted by molar-refractivity contribution is 9.10. The van der Waals surface area contributed by atoms with Gasteiger partial charge in [-0.15, -0.1) is 0 Å². The molecule has 0 amide bonds. The SMILES string of the molecule is NC1(c2cccc(Br)c2F)CCCCc2ccccc21. The minimum absolute atomic E-state index is 0.244. The van der Waals surface area contributed by atoms with Crippen LogP contribution in [0.25, 0.3) is 0 Å². The lowest BCUT2D eigenvalue weighted by atomic mass is 9.79. The number of fused-ring (bicyclic) bond motifs is 1. The topological polar surface area (TPSA) is 26.0 Å². The smallest absolute Gasteiger partial charge is 0.142 e. The maximum Gasteiger partial charge on any atom is 0.142 e. The van der Waals surface area contributed by atoms with Gasteiger partial charge in [-0.1, -0.05) is 42.8 Å². The Kier molecular flexibility index (Phi) is 3.65. The van der Waals surface area contributed by atoms with Gasteiger partial charge < -0.3 is 5.73 Å². The van der Waals surface area contributed by atoms with Crippen molar-refractivity contribution in [3.8, 4) is 0 Å². The van der Waals surface area contributed by atoms with Crippen LogP contribution in [0.15, 0.2) is 46.9 Å². The molecule has 1 aliphatic rings. The van der Waals surface area contributed by atoms with E-state index in [4.69, 9.17) is 5.73 Å². The molecule has 2 aromatic carbocycles. The predicted molar refractivity (Wildman–Crippen MR) is 83.1 cm³/mol. The largest absolute Gasteiger partial charge is 0.318 e. The first kappa shape index (κ1) is 13.8. The van der Waals surface area contributed by atoms with E-state index in [9.17, 15) is 4.39 Å². The normalized spacial score (nSPS) is 22.1. The molecular formula is C17H17BrFN. The fourth-order valence-electron chi connectivity index (χ4n) is 3.16. The van der Waals surface area contributed by atoms with Gasteiger partial charge in [0.25, 0.3) is 0 Å². The van der Waals surface area contributed by atoms with Crippen LogP contribution in [-0.2, 0) is 12.0 Å². The number of benzene rings is 2. The Morgan fingerprint density at radius 1 is 1.00 bits per heavy atom. The maximum absolute atomic E-state index is 14.5. The molecule has 0 fully saturated rings. The summed E-state index contributed by atoms with van der Waals surface area (Å²) >= 11 is 3.27. The summed E-state index contributed by atoms with van der Waals surface area (Å²) in [5.74, 6) is -0.244. The monoisotopic (exact) mass is 333 g/mol. The second-order valence-electron chi connectivity index (χ2n) is 5.44. The number of aryl methyl sites for hydroxylation is 1. The molecule has 0 spiro atoms. The van der Waals surface area contributed by atoms with Crippen LogP contribution in [0.2, 0.25) is 0 Å². The lowest BCUT2D eigenvalue weighted by Gasteiger charge is -2.31. The summed E-state index contributed by atoms with van der Waals surface area (Å²) < 4.78 is 15.0. The Morgan fingerprint density at radius 3 is 2.60 bits per heavy atom. The Labute approximate surface area is 127 Å². The maximum atomic E-state index is 14.5. The zero-order valence-electron chi connectivity index (χ0n) is 11.2. The van der Waals surface area contributed by atoms with Crippen molar-refractivity contribution < 1.29 is 4.39 Å². The van der Waals surface area contributed by atoms with E-state index >= 15 is 0 Å². The average molecular weight is 334 g/mol. The third kappa shape index (κ3) is 2.19. The van der Waals surface area contributed by atoms with Crippen molar-refractivity contribution in [1.29, 1.82) is 0 Å². The summed E-state index contributed by atoms with van der Waals surface area (Å²) in [5.41, 5.74) is 8.86. The first-order chi connectivity index (χ1) is 9.63. The Balaban J connectivity index is 2.22. The second-order valence-corrected chi connectivity index (χ2v) is 6.29. The zero-order chi connectivity index (χ0) is 14.2. The number of rotatable bonds is 1. The number of halogens is 2. The van der Waals surface area contributed by atoms with Crippen LogP contribution in [0.4, 0.5) is 4.39 Å². The molecule has 0 heterocycles. The van der Waals surface area contributed by atoms with Gasteiger partial charge in [-0.2, -0.15) is 0 Å². The summed E-state index contributed by atoms with van der Waals surface area (Å²) in [6.07, 6.45) is 3.91. The highest BCUT2D eigenvalue weighted by Crippen LogP contribution is 2.39. The molecule has 1 aliphatic carbocycles. The molecule has 0 saturated heterocycles. The first-order valence-electron chi connectivity index (χ1n) is 6.95. The fourth-order valence-corrected chi connectivity index (χ4v) is 3.52. The molecule has 0 saturated carbocycles. The van der Waals surface area contributed by atoms with E-state index in [1.54, 1.807) is 6.07 Å². The quantitative estimate of drug-likeness (QED) is 0.763.